The summed E-state index contributed by atoms with van der Waals surface area (Å²) in [4.78, 5) is 4.50. The van der Waals surface area contributed by atoms with Crippen molar-refractivity contribution in [2.45, 2.75) is 6.92 Å². The van der Waals surface area contributed by atoms with Crippen LogP contribution in [0.5, 0.6) is 0 Å². The predicted molar refractivity (Wildman–Crippen MR) is 83.2 cm³/mol. The van der Waals surface area contributed by atoms with E-state index in [1.807, 2.05) is 43.3 Å². The number of thiazole rings is 1. The zero-order valence-corrected chi connectivity index (χ0v) is 11.7. The molecule has 1 heterocycles. The predicted octanol–water partition coefficient (Wildman–Crippen LogP) is 3.80. The first-order valence-electron chi connectivity index (χ1n) is 6.10. The summed E-state index contributed by atoms with van der Waals surface area (Å²) in [5, 5.41) is 13.2. The number of nitrogens with two attached hydrogens (primary N) is 1. The van der Waals surface area contributed by atoms with Gasteiger partial charge in [-0.05, 0) is 36.8 Å². The molecule has 0 saturated heterocycles. The smallest absolute Gasteiger partial charge is 0.188 e. The molecular weight excluding hydrogens is 268 g/mol. The molecule has 3 N–H and O–H groups in total. The van der Waals surface area contributed by atoms with Crippen LogP contribution in [0, 0.1) is 18.3 Å². The topological polar surface area (TPSA) is 74.7 Å². The van der Waals surface area contributed by atoms with Crippen LogP contribution in [0.3, 0.4) is 0 Å². The number of fused-ring (bicyclic) bond motifs is 1. The van der Waals surface area contributed by atoms with Gasteiger partial charge in [-0.15, -0.1) is 0 Å². The van der Waals surface area contributed by atoms with Gasteiger partial charge in [0.2, 0.25) is 0 Å². The average molecular weight is 280 g/mol. The molecule has 5 heteroatoms. The van der Waals surface area contributed by atoms with Gasteiger partial charge in [-0.1, -0.05) is 23.5 Å². The monoisotopic (exact) mass is 280 g/mol. The van der Waals surface area contributed by atoms with Crippen molar-refractivity contribution < 1.29 is 0 Å². The molecule has 0 radical (unpaired) electrons. The number of aryl methyl sites for hydroxylation is 1. The Balaban J connectivity index is 2.02. The molecule has 0 aliphatic rings. The highest BCUT2D eigenvalue weighted by molar-refractivity contribution is 7.22. The van der Waals surface area contributed by atoms with Crippen molar-refractivity contribution in [1.82, 2.24) is 4.98 Å². The number of hydrogen-bond donors (Lipinski definition) is 2. The fourth-order valence-corrected chi connectivity index (χ4v) is 2.96. The van der Waals surface area contributed by atoms with E-state index in [4.69, 9.17) is 5.73 Å². The summed E-state index contributed by atoms with van der Waals surface area (Å²) >= 11 is 1.52. The van der Waals surface area contributed by atoms with Crippen molar-refractivity contribution in [2.75, 3.05) is 11.1 Å². The molecule has 0 aliphatic heterocycles. The van der Waals surface area contributed by atoms with Crippen molar-refractivity contribution >= 4 is 38.1 Å². The van der Waals surface area contributed by atoms with Crippen molar-refractivity contribution in [3.63, 3.8) is 0 Å². The molecule has 0 saturated carbocycles. The van der Waals surface area contributed by atoms with Gasteiger partial charge in [0.1, 0.15) is 6.07 Å². The summed E-state index contributed by atoms with van der Waals surface area (Å²) < 4.78 is 1.03. The van der Waals surface area contributed by atoms with E-state index in [0.29, 0.717) is 5.56 Å². The second-order valence-electron chi connectivity index (χ2n) is 4.48. The van der Waals surface area contributed by atoms with Gasteiger partial charge in [-0.25, -0.2) is 4.98 Å². The van der Waals surface area contributed by atoms with Crippen molar-refractivity contribution in [1.29, 1.82) is 5.26 Å². The normalized spacial score (nSPS) is 10.4. The fraction of sp³-hybridized carbons (Fsp3) is 0.0667. The number of nitrogens with one attached hydrogen (secondary N) is 1. The molecular formula is C15H12N4S. The number of rotatable bonds is 2. The van der Waals surface area contributed by atoms with Crippen LogP contribution in [-0.4, -0.2) is 4.98 Å². The molecule has 3 aromatic rings. The first-order valence-corrected chi connectivity index (χ1v) is 6.92. The minimum atomic E-state index is 0.645. The number of anilines is 3. The van der Waals surface area contributed by atoms with Gasteiger partial charge < -0.3 is 11.1 Å². The Morgan fingerprint density at radius 3 is 2.95 bits per heavy atom. The maximum atomic E-state index is 9.23. The molecule has 0 aliphatic carbocycles. The Hall–Kier alpha value is -2.58. The van der Waals surface area contributed by atoms with Crippen LogP contribution in [0.25, 0.3) is 10.2 Å². The van der Waals surface area contributed by atoms with Crippen LogP contribution >= 0.6 is 11.3 Å². The second kappa shape index (κ2) is 4.83. The maximum Gasteiger partial charge on any atom is 0.188 e. The Morgan fingerprint density at radius 1 is 1.30 bits per heavy atom. The lowest BCUT2D eigenvalue weighted by atomic mass is 10.1. The van der Waals surface area contributed by atoms with E-state index in [1.165, 1.54) is 11.3 Å². The molecule has 0 bridgehead atoms. The van der Waals surface area contributed by atoms with Crippen molar-refractivity contribution in [2.24, 2.45) is 0 Å². The van der Waals surface area contributed by atoms with Gasteiger partial charge in [-0.2, -0.15) is 5.26 Å². The van der Waals surface area contributed by atoms with Gasteiger partial charge in [0, 0.05) is 5.69 Å². The Morgan fingerprint density at radius 2 is 2.15 bits per heavy atom. The minimum absolute atomic E-state index is 0.645. The highest BCUT2D eigenvalue weighted by atomic mass is 32.1. The van der Waals surface area contributed by atoms with E-state index >= 15 is 0 Å². The van der Waals surface area contributed by atoms with Gasteiger partial charge in [-0.3, -0.25) is 0 Å². The summed E-state index contributed by atoms with van der Waals surface area (Å²) in [6.45, 7) is 1.92. The van der Waals surface area contributed by atoms with E-state index < -0.39 is 0 Å². The zero-order chi connectivity index (χ0) is 14.1. The molecule has 1 aromatic heterocycles. The summed E-state index contributed by atoms with van der Waals surface area (Å²) in [5.41, 5.74) is 9.76. The van der Waals surface area contributed by atoms with E-state index in [-0.39, 0.29) is 0 Å². The lowest BCUT2D eigenvalue weighted by Crippen LogP contribution is -1.94. The SMILES string of the molecule is Cc1cccc(Nc2nc3ccc(N)cc3s2)c1C#N. The molecule has 3 rings (SSSR count). The van der Waals surface area contributed by atoms with Gasteiger partial charge in [0.15, 0.2) is 5.13 Å². The third-order valence-electron chi connectivity index (χ3n) is 3.04. The number of benzene rings is 2. The first kappa shape index (κ1) is 12.5. The quantitative estimate of drug-likeness (QED) is 0.700. The van der Waals surface area contributed by atoms with Gasteiger partial charge in [0.25, 0.3) is 0 Å². The Bertz CT molecular complexity index is 829. The molecule has 0 fully saturated rings. The molecule has 0 spiro atoms. The highest BCUT2D eigenvalue weighted by Crippen LogP contribution is 2.31. The van der Waals surface area contributed by atoms with Crippen LogP contribution in [0.4, 0.5) is 16.5 Å². The van der Waals surface area contributed by atoms with Crippen molar-refractivity contribution in [3.05, 3.63) is 47.5 Å². The van der Waals surface area contributed by atoms with Crippen LogP contribution < -0.4 is 11.1 Å². The Kier molecular flexibility index (Phi) is 3.01. The second-order valence-corrected chi connectivity index (χ2v) is 5.51. The lowest BCUT2D eigenvalue weighted by Gasteiger charge is -2.06. The molecule has 0 atom stereocenters. The molecule has 0 unspecified atom stereocenters. The van der Waals surface area contributed by atoms with Crippen LogP contribution in [0.15, 0.2) is 36.4 Å². The fourth-order valence-electron chi connectivity index (χ4n) is 2.03. The molecule has 98 valence electrons. The maximum absolute atomic E-state index is 9.23. The minimum Gasteiger partial charge on any atom is -0.399 e. The van der Waals surface area contributed by atoms with E-state index in [2.05, 4.69) is 16.4 Å². The highest BCUT2D eigenvalue weighted by Gasteiger charge is 2.08. The van der Waals surface area contributed by atoms with Crippen molar-refractivity contribution in [3.8, 4) is 6.07 Å². The molecule has 2 aromatic carbocycles. The summed E-state index contributed by atoms with van der Waals surface area (Å²) in [7, 11) is 0. The number of nitrogen functional groups attached to an aromatic ring is 1. The third kappa shape index (κ3) is 2.17. The number of hydrogen-bond acceptors (Lipinski definition) is 5. The van der Waals surface area contributed by atoms with Crippen LogP contribution in [0.2, 0.25) is 0 Å². The summed E-state index contributed by atoms with van der Waals surface area (Å²) in [6, 6.07) is 13.6. The van der Waals surface area contributed by atoms with Gasteiger partial charge >= 0.3 is 0 Å². The number of aromatic nitrogens is 1. The average Bonchev–Trinajstić information content (AvgIpc) is 2.80. The molecule has 4 nitrogen and oxygen atoms in total. The molecule has 0 amide bonds. The van der Waals surface area contributed by atoms with E-state index in [9.17, 15) is 5.26 Å². The van der Waals surface area contributed by atoms with E-state index in [0.717, 1.165) is 32.3 Å². The van der Waals surface area contributed by atoms with E-state index in [1.54, 1.807) is 0 Å². The summed E-state index contributed by atoms with van der Waals surface area (Å²) in [5.74, 6) is 0. The summed E-state index contributed by atoms with van der Waals surface area (Å²) in [6.07, 6.45) is 0. The third-order valence-corrected chi connectivity index (χ3v) is 3.97. The number of nitriles is 1. The largest absolute Gasteiger partial charge is 0.399 e. The standard InChI is InChI=1S/C15H12N4S/c1-9-3-2-4-12(11(9)8-16)18-15-19-13-6-5-10(17)7-14(13)20-15/h2-7H,17H2,1H3,(H,18,19). The zero-order valence-electron chi connectivity index (χ0n) is 10.8. The first-order chi connectivity index (χ1) is 9.67. The molecule has 20 heavy (non-hydrogen) atoms. The Labute approximate surface area is 120 Å². The van der Waals surface area contributed by atoms with Crippen LogP contribution in [0.1, 0.15) is 11.1 Å². The lowest BCUT2D eigenvalue weighted by molar-refractivity contribution is 1.37. The number of nitrogens with zero attached hydrogens (tertiary/aromatic N) is 2. The van der Waals surface area contributed by atoms with Gasteiger partial charge in [0.05, 0.1) is 21.5 Å². The van der Waals surface area contributed by atoms with Crippen LogP contribution in [-0.2, 0) is 0 Å².